The average molecular weight is 376 g/mol. The third kappa shape index (κ3) is 3.58. The molecule has 2 fully saturated rings. The largest absolute Gasteiger partial charge is 0.481 e. The molecule has 8 heteroatoms. The van der Waals surface area contributed by atoms with Crippen molar-refractivity contribution in [3.05, 3.63) is 17.7 Å². The number of piperidine rings is 2. The van der Waals surface area contributed by atoms with E-state index in [1.165, 1.54) is 14.2 Å². The van der Waals surface area contributed by atoms with Crippen molar-refractivity contribution in [1.29, 1.82) is 0 Å². The molecule has 0 radical (unpaired) electrons. The zero-order valence-corrected chi connectivity index (χ0v) is 16.2. The molecule has 2 N–H and O–H groups in total. The highest BCUT2D eigenvalue weighted by Crippen LogP contribution is 2.44. The minimum atomic E-state index is -0.266. The van der Waals surface area contributed by atoms with Crippen LogP contribution in [0.3, 0.4) is 0 Å². The summed E-state index contributed by atoms with van der Waals surface area (Å²) in [5.74, 6) is 0.275. The Balaban J connectivity index is 1.75. The van der Waals surface area contributed by atoms with Crippen molar-refractivity contribution in [3.8, 4) is 11.8 Å². The fourth-order valence-corrected chi connectivity index (χ4v) is 4.64. The molecule has 2 aliphatic rings. The zero-order valence-electron chi connectivity index (χ0n) is 16.2. The van der Waals surface area contributed by atoms with Crippen molar-refractivity contribution in [3.63, 3.8) is 0 Å². The summed E-state index contributed by atoms with van der Waals surface area (Å²) < 4.78 is 10.4. The molecule has 1 unspecified atom stereocenters. The fourth-order valence-electron chi connectivity index (χ4n) is 4.64. The molecule has 0 saturated carbocycles. The maximum absolute atomic E-state index is 13.0. The number of nitrogens with zero attached hydrogens (tertiary/aromatic N) is 3. The van der Waals surface area contributed by atoms with Crippen LogP contribution in [0.1, 0.15) is 36.0 Å². The summed E-state index contributed by atoms with van der Waals surface area (Å²) >= 11 is 0. The molecular weight excluding hydrogens is 348 g/mol. The van der Waals surface area contributed by atoms with E-state index in [2.05, 4.69) is 9.88 Å². The Bertz CT molecular complexity index is 716. The second-order valence-corrected chi connectivity index (χ2v) is 7.45. The molecule has 8 nitrogen and oxygen atoms in total. The minimum Gasteiger partial charge on any atom is -0.481 e. The van der Waals surface area contributed by atoms with Crippen molar-refractivity contribution in [1.82, 2.24) is 14.8 Å². The fraction of sp³-hybridized carbons (Fsp3) is 0.632. The van der Waals surface area contributed by atoms with E-state index >= 15 is 0 Å². The van der Waals surface area contributed by atoms with E-state index < -0.39 is 0 Å². The van der Waals surface area contributed by atoms with Crippen molar-refractivity contribution in [2.24, 2.45) is 11.1 Å². The average Bonchev–Trinajstić information content (AvgIpc) is 2.67. The van der Waals surface area contributed by atoms with Crippen molar-refractivity contribution in [2.45, 2.75) is 31.7 Å². The number of primary amides is 1. The normalized spacial score (nSPS) is 22.5. The molecule has 1 atom stereocenters. The quantitative estimate of drug-likeness (QED) is 0.838. The third-order valence-corrected chi connectivity index (χ3v) is 5.99. The number of pyridine rings is 1. The van der Waals surface area contributed by atoms with Crippen molar-refractivity contribution >= 4 is 11.8 Å². The van der Waals surface area contributed by atoms with Crippen LogP contribution in [0.4, 0.5) is 0 Å². The Hall–Kier alpha value is -2.35. The van der Waals surface area contributed by atoms with Gasteiger partial charge in [-0.15, -0.1) is 0 Å². The SMILES string of the molecule is COc1ccc(C(=O)N2CCC3(CCCN(C)C3C(N)=O)CC2)c(OC)n1. The monoisotopic (exact) mass is 376 g/mol. The standard InChI is InChI=1S/C19H28N4O4/c1-22-10-4-7-19(15(22)16(20)24)8-11-23(12-9-19)18(25)13-5-6-14(26-2)21-17(13)27-3/h5-6,15H,4,7-12H2,1-3H3,(H2,20,24). The molecule has 3 heterocycles. The number of amides is 2. The predicted molar refractivity (Wildman–Crippen MR) is 99.8 cm³/mol. The van der Waals surface area contributed by atoms with Crippen LogP contribution in [-0.2, 0) is 4.79 Å². The van der Waals surface area contributed by atoms with Crippen LogP contribution in [0.15, 0.2) is 12.1 Å². The molecule has 1 spiro atoms. The van der Waals surface area contributed by atoms with Gasteiger partial charge in [0.15, 0.2) is 0 Å². The van der Waals surface area contributed by atoms with Gasteiger partial charge < -0.3 is 20.1 Å². The van der Waals surface area contributed by atoms with E-state index in [9.17, 15) is 9.59 Å². The number of likely N-dealkylation sites (N-methyl/N-ethyl adjacent to an activating group) is 1. The number of aromatic nitrogens is 1. The Morgan fingerprint density at radius 1 is 1.15 bits per heavy atom. The van der Waals surface area contributed by atoms with E-state index in [0.717, 1.165) is 32.2 Å². The van der Waals surface area contributed by atoms with Crippen molar-refractivity contribution in [2.75, 3.05) is 40.9 Å². The number of carbonyl (C=O) groups is 2. The highest BCUT2D eigenvalue weighted by atomic mass is 16.5. The number of methoxy groups -OCH3 is 2. The van der Waals surface area contributed by atoms with Gasteiger partial charge in [0.2, 0.25) is 17.7 Å². The van der Waals surface area contributed by atoms with Crippen LogP contribution in [0.5, 0.6) is 11.8 Å². The summed E-state index contributed by atoms with van der Waals surface area (Å²) in [6, 6.07) is 3.07. The molecule has 27 heavy (non-hydrogen) atoms. The number of carbonyl (C=O) groups excluding carboxylic acids is 2. The van der Waals surface area contributed by atoms with Gasteiger partial charge in [-0.05, 0) is 50.8 Å². The van der Waals surface area contributed by atoms with E-state index in [0.29, 0.717) is 24.5 Å². The lowest BCUT2D eigenvalue weighted by atomic mass is 9.66. The first-order valence-electron chi connectivity index (χ1n) is 9.30. The first-order chi connectivity index (χ1) is 12.9. The van der Waals surface area contributed by atoms with Crippen LogP contribution in [0.25, 0.3) is 0 Å². The number of nitrogens with two attached hydrogens (primary N) is 1. The van der Waals surface area contributed by atoms with Gasteiger partial charge in [0.05, 0.1) is 20.3 Å². The summed E-state index contributed by atoms with van der Waals surface area (Å²) in [6.07, 6.45) is 3.55. The zero-order chi connectivity index (χ0) is 19.6. The lowest BCUT2D eigenvalue weighted by Gasteiger charge is -2.51. The van der Waals surface area contributed by atoms with Crippen LogP contribution in [-0.4, -0.2) is 73.5 Å². The van der Waals surface area contributed by atoms with Crippen LogP contribution in [0, 0.1) is 5.41 Å². The maximum atomic E-state index is 13.0. The molecule has 148 valence electrons. The Morgan fingerprint density at radius 2 is 1.85 bits per heavy atom. The molecule has 1 aromatic heterocycles. The first-order valence-corrected chi connectivity index (χ1v) is 9.30. The number of ether oxygens (including phenoxy) is 2. The molecule has 3 rings (SSSR count). The molecule has 2 amide bonds. The highest BCUT2D eigenvalue weighted by Gasteiger charge is 2.48. The second-order valence-electron chi connectivity index (χ2n) is 7.45. The smallest absolute Gasteiger partial charge is 0.259 e. The third-order valence-electron chi connectivity index (χ3n) is 5.99. The summed E-state index contributed by atoms with van der Waals surface area (Å²) in [7, 11) is 4.96. The van der Waals surface area contributed by atoms with Gasteiger partial charge in [-0.25, -0.2) is 0 Å². The molecule has 0 aliphatic carbocycles. The van der Waals surface area contributed by atoms with Gasteiger partial charge in [0.1, 0.15) is 5.56 Å². The van der Waals surface area contributed by atoms with Gasteiger partial charge in [0.25, 0.3) is 5.91 Å². The van der Waals surface area contributed by atoms with E-state index in [4.69, 9.17) is 15.2 Å². The lowest BCUT2D eigenvalue weighted by Crippen LogP contribution is -2.60. The number of rotatable bonds is 4. The molecular formula is C19H28N4O4. The Labute approximate surface area is 159 Å². The topological polar surface area (TPSA) is 98.0 Å². The Kier molecular flexibility index (Phi) is 5.55. The van der Waals surface area contributed by atoms with Crippen LogP contribution in [0.2, 0.25) is 0 Å². The van der Waals surface area contributed by atoms with Crippen LogP contribution < -0.4 is 15.2 Å². The summed E-state index contributed by atoms with van der Waals surface area (Å²) in [5.41, 5.74) is 5.99. The molecule has 0 bridgehead atoms. The van der Waals surface area contributed by atoms with E-state index in [-0.39, 0.29) is 29.2 Å². The lowest BCUT2D eigenvalue weighted by molar-refractivity contribution is -0.132. The Morgan fingerprint density at radius 3 is 2.44 bits per heavy atom. The molecule has 1 aromatic rings. The van der Waals surface area contributed by atoms with Gasteiger partial charge in [-0.3, -0.25) is 14.5 Å². The summed E-state index contributed by atoms with van der Waals surface area (Å²) in [5, 5.41) is 0. The number of hydrogen-bond donors (Lipinski definition) is 1. The maximum Gasteiger partial charge on any atom is 0.259 e. The predicted octanol–water partition coefficient (Wildman–Crippen LogP) is 0.901. The summed E-state index contributed by atoms with van der Waals surface area (Å²) in [6.45, 7) is 2.06. The van der Waals surface area contributed by atoms with E-state index in [1.807, 2.05) is 11.9 Å². The summed E-state index contributed by atoms with van der Waals surface area (Å²) in [4.78, 5) is 33.1. The van der Waals surface area contributed by atoms with Crippen LogP contribution >= 0.6 is 0 Å². The molecule has 0 aromatic carbocycles. The van der Waals surface area contributed by atoms with Gasteiger partial charge >= 0.3 is 0 Å². The first kappa shape index (κ1) is 19.4. The second kappa shape index (κ2) is 7.72. The van der Waals surface area contributed by atoms with Gasteiger partial charge in [-0.2, -0.15) is 4.98 Å². The molecule has 2 aliphatic heterocycles. The van der Waals surface area contributed by atoms with Gasteiger partial charge in [0, 0.05) is 19.2 Å². The highest BCUT2D eigenvalue weighted by molar-refractivity contribution is 5.96. The van der Waals surface area contributed by atoms with Gasteiger partial charge in [-0.1, -0.05) is 0 Å². The number of hydrogen-bond acceptors (Lipinski definition) is 6. The minimum absolute atomic E-state index is 0.114. The van der Waals surface area contributed by atoms with Crippen molar-refractivity contribution < 1.29 is 19.1 Å². The van der Waals surface area contributed by atoms with E-state index in [1.54, 1.807) is 12.1 Å². The molecule has 2 saturated heterocycles. The number of likely N-dealkylation sites (tertiary alicyclic amines) is 2.